The average Bonchev–Trinajstić information content (AvgIpc) is 2.77. The number of likely N-dealkylation sites (tertiary alicyclic amines) is 1. The molecule has 3 nitrogen and oxygen atoms in total. The molecule has 19 heavy (non-hydrogen) atoms. The van der Waals surface area contributed by atoms with Crippen LogP contribution in [-0.2, 0) is 11.3 Å². The summed E-state index contributed by atoms with van der Waals surface area (Å²) in [7, 11) is 0. The van der Waals surface area contributed by atoms with Gasteiger partial charge in [-0.1, -0.05) is 29.8 Å². The lowest BCUT2D eigenvalue weighted by Gasteiger charge is -2.37. The molecule has 3 rings (SSSR count). The van der Waals surface area contributed by atoms with E-state index in [1.165, 1.54) is 11.1 Å². The van der Waals surface area contributed by atoms with E-state index in [1.807, 2.05) is 0 Å². The molecule has 0 radical (unpaired) electrons. The molecule has 1 aromatic carbocycles. The monoisotopic (exact) mass is 258 g/mol. The Balaban J connectivity index is 1.58. The third-order valence-electron chi connectivity index (χ3n) is 4.71. The van der Waals surface area contributed by atoms with E-state index in [0.717, 1.165) is 45.4 Å². The maximum atomic E-state index is 11.9. The summed E-state index contributed by atoms with van der Waals surface area (Å²) >= 11 is 0. The Morgan fingerprint density at radius 1 is 1.16 bits per heavy atom. The number of rotatable bonds is 2. The maximum Gasteiger partial charge on any atom is 0.226 e. The van der Waals surface area contributed by atoms with Gasteiger partial charge in [-0.3, -0.25) is 9.69 Å². The van der Waals surface area contributed by atoms with Gasteiger partial charge in [-0.25, -0.2) is 0 Å². The van der Waals surface area contributed by atoms with Gasteiger partial charge in [0.05, 0.1) is 5.41 Å². The highest BCUT2D eigenvalue weighted by atomic mass is 16.2. The van der Waals surface area contributed by atoms with Crippen molar-refractivity contribution in [2.24, 2.45) is 5.41 Å². The van der Waals surface area contributed by atoms with Gasteiger partial charge in [0.25, 0.3) is 0 Å². The summed E-state index contributed by atoms with van der Waals surface area (Å²) in [5.41, 5.74) is 2.64. The molecular weight excluding hydrogens is 236 g/mol. The van der Waals surface area contributed by atoms with E-state index in [2.05, 4.69) is 41.4 Å². The molecule has 0 saturated carbocycles. The fourth-order valence-corrected chi connectivity index (χ4v) is 3.28. The van der Waals surface area contributed by atoms with Gasteiger partial charge in [0.1, 0.15) is 0 Å². The quantitative estimate of drug-likeness (QED) is 0.881. The standard InChI is InChI=1S/C16H22N2O/c1-13-2-4-14(5-3-13)12-18-10-7-16(8-11-18)6-9-17-15(16)19/h2-5H,6-12H2,1H3,(H,17,19). The van der Waals surface area contributed by atoms with E-state index < -0.39 is 0 Å². The number of carbonyl (C=O) groups excluding carboxylic acids is 1. The number of hydrogen-bond acceptors (Lipinski definition) is 2. The lowest BCUT2D eigenvalue weighted by atomic mass is 9.77. The Kier molecular flexibility index (Phi) is 3.31. The van der Waals surface area contributed by atoms with Crippen LogP contribution in [0.25, 0.3) is 0 Å². The van der Waals surface area contributed by atoms with Crippen LogP contribution < -0.4 is 5.32 Å². The van der Waals surface area contributed by atoms with Crippen LogP contribution in [0, 0.1) is 12.3 Å². The minimum Gasteiger partial charge on any atom is -0.356 e. The van der Waals surface area contributed by atoms with Gasteiger partial charge in [-0.2, -0.15) is 0 Å². The zero-order valence-corrected chi connectivity index (χ0v) is 11.6. The van der Waals surface area contributed by atoms with E-state index in [4.69, 9.17) is 0 Å². The Bertz CT molecular complexity index is 458. The van der Waals surface area contributed by atoms with Gasteiger partial charge in [0.2, 0.25) is 5.91 Å². The summed E-state index contributed by atoms with van der Waals surface area (Å²) in [5, 5.41) is 2.99. The van der Waals surface area contributed by atoms with Crippen molar-refractivity contribution in [3.8, 4) is 0 Å². The van der Waals surface area contributed by atoms with E-state index in [0.29, 0.717) is 5.91 Å². The number of hydrogen-bond donors (Lipinski definition) is 1. The van der Waals surface area contributed by atoms with Crippen LogP contribution in [0.3, 0.4) is 0 Å². The van der Waals surface area contributed by atoms with Crippen molar-refractivity contribution in [2.75, 3.05) is 19.6 Å². The van der Waals surface area contributed by atoms with Gasteiger partial charge in [-0.05, 0) is 44.8 Å². The second-order valence-electron chi connectivity index (χ2n) is 6.05. The molecular formula is C16H22N2O. The van der Waals surface area contributed by atoms with Crippen molar-refractivity contribution < 1.29 is 4.79 Å². The summed E-state index contributed by atoms with van der Waals surface area (Å²) in [4.78, 5) is 14.4. The van der Waals surface area contributed by atoms with Crippen molar-refractivity contribution in [1.82, 2.24) is 10.2 Å². The van der Waals surface area contributed by atoms with Crippen molar-refractivity contribution in [2.45, 2.75) is 32.7 Å². The van der Waals surface area contributed by atoms with Gasteiger partial charge >= 0.3 is 0 Å². The second kappa shape index (κ2) is 4.97. The lowest BCUT2D eigenvalue weighted by molar-refractivity contribution is -0.130. The number of nitrogens with one attached hydrogen (secondary N) is 1. The average molecular weight is 258 g/mol. The molecule has 2 fully saturated rings. The summed E-state index contributed by atoms with van der Waals surface area (Å²) in [6.07, 6.45) is 3.07. The summed E-state index contributed by atoms with van der Waals surface area (Å²) < 4.78 is 0. The van der Waals surface area contributed by atoms with Gasteiger partial charge < -0.3 is 5.32 Å². The van der Waals surface area contributed by atoms with E-state index >= 15 is 0 Å². The smallest absolute Gasteiger partial charge is 0.226 e. The summed E-state index contributed by atoms with van der Waals surface area (Å²) in [6.45, 7) is 6.09. The third-order valence-corrected chi connectivity index (χ3v) is 4.71. The van der Waals surface area contributed by atoms with Crippen molar-refractivity contribution in [1.29, 1.82) is 0 Å². The predicted molar refractivity (Wildman–Crippen MR) is 75.7 cm³/mol. The molecule has 0 aromatic heterocycles. The molecule has 2 saturated heterocycles. The topological polar surface area (TPSA) is 32.3 Å². The largest absolute Gasteiger partial charge is 0.356 e. The highest BCUT2D eigenvalue weighted by Crippen LogP contribution is 2.38. The minimum absolute atomic E-state index is 0.0379. The number of nitrogens with zero attached hydrogens (tertiary/aromatic N) is 1. The molecule has 0 bridgehead atoms. The minimum atomic E-state index is -0.0379. The van der Waals surface area contributed by atoms with E-state index in [9.17, 15) is 4.79 Å². The number of benzene rings is 1. The fraction of sp³-hybridized carbons (Fsp3) is 0.562. The van der Waals surface area contributed by atoms with Crippen molar-refractivity contribution >= 4 is 5.91 Å². The van der Waals surface area contributed by atoms with Gasteiger partial charge in [0.15, 0.2) is 0 Å². The molecule has 1 N–H and O–H groups in total. The normalized spacial score (nSPS) is 22.7. The van der Waals surface area contributed by atoms with E-state index in [-0.39, 0.29) is 5.41 Å². The van der Waals surface area contributed by atoms with Crippen LogP contribution in [0.2, 0.25) is 0 Å². The molecule has 2 aliphatic rings. The lowest BCUT2D eigenvalue weighted by Crippen LogP contribution is -2.43. The first-order valence-corrected chi connectivity index (χ1v) is 7.24. The second-order valence-corrected chi connectivity index (χ2v) is 6.05. The first-order chi connectivity index (χ1) is 9.18. The number of aryl methyl sites for hydroxylation is 1. The van der Waals surface area contributed by atoms with Gasteiger partial charge in [0, 0.05) is 13.1 Å². The van der Waals surface area contributed by atoms with Crippen LogP contribution in [0.1, 0.15) is 30.4 Å². The highest BCUT2D eigenvalue weighted by molar-refractivity contribution is 5.84. The van der Waals surface area contributed by atoms with Gasteiger partial charge in [-0.15, -0.1) is 0 Å². The summed E-state index contributed by atoms with van der Waals surface area (Å²) in [5.74, 6) is 0.294. The maximum absolute atomic E-state index is 11.9. The predicted octanol–water partition coefficient (Wildman–Crippen LogP) is 2.10. The Morgan fingerprint density at radius 2 is 1.84 bits per heavy atom. The van der Waals surface area contributed by atoms with Crippen molar-refractivity contribution in [3.63, 3.8) is 0 Å². The first kappa shape index (κ1) is 12.7. The molecule has 1 spiro atoms. The molecule has 2 aliphatic heterocycles. The molecule has 0 unspecified atom stereocenters. The first-order valence-electron chi connectivity index (χ1n) is 7.24. The molecule has 1 amide bonds. The zero-order valence-electron chi connectivity index (χ0n) is 11.6. The van der Waals surface area contributed by atoms with E-state index in [1.54, 1.807) is 0 Å². The Labute approximate surface area is 115 Å². The fourth-order valence-electron chi connectivity index (χ4n) is 3.28. The number of carbonyl (C=O) groups is 1. The molecule has 102 valence electrons. The molecule has 0 aliphatic carbocycles. The Morgan fingerprint density at radius 3 is 2.42 bits per heavy atom. The number of amides is 1. The van der Waals surface area contributed by atoms with Crippen LogP contribution in [-0.4, -0.2) is 30.4 Å². The van der Waals surface area contributed by atoms with Crippen LogP contribution in [0.4, 0.5) is 0 Å². The summed E-state index contributed by atoms with van der Waals surface area (Å²) in [6, 6.07) is 8.76. The molecule has 3 heteroatoms. The zero-order chi connectivity index (χ0) is 13.3. The molecule has 1 aromatic rings. The van der Waals surface area contributed by atoms with Crippen LogP contribution in [0.5, 0.6) is 0 Å². The SMILES string of the molecule is Cc1ccc(CN2CCC3(CCNC3=O)CC2)cc1. The molecule has 2 heterocycles. The molecule has 0 atom stereocenters. The van der Waals surface area contributed by atoms with Crippen LogP contribution in [0.15, 0.2) is 24.3 Å². The highest BCUT2D eigenvalue weighted by Gasteiger charge is 2.44. The Hall–Kier alpha value is -1.35. The van der Waals surface area contributed by atoms with Crippen molar-refractivity contribution in [3.05, 3.63) is 35.4 Å². The number of piperidine rings is 1. The van der Waals surface area contributed by atoms with Crippen LogP contribution >= 0.6 is 0 Å². The third kappa shape index (κ3) is 2.52.